The Kier molecular flexibility index (Phi) is 4.68. The van der Waals surface area contributed by atoms with Crippen molar-refractivity contribution < 1.29 is 4.79 Å². The van der Waals surface area contributed by atoms with Crippen LogP contribution in [-0.4, -0.2) is 53.2 Å². The van der Waals surface area contributed by atoms with Crippen LogP contribution in [0.4, 0.5) is 11.5 Å². The molecule has 1 N–H and O–H groups in total. The van der Waals surface area contributed by atoms with Gasteiger partial charge in [-0.2, -0.15) is 4.52 Å². The molecule has 5 heterocycles. The predicted octanol–water partition coefficient (Wildman–Crippen LogP) is 2.69. The van der Waals surface area contributed by atoms with Gasteiger partial charge >= 0.3 is 0 Å². The molecule has 0 aliphatic carbocycles. The van der Waals surface area contributed by atoms with Crippen LogP contribution in [0, 0.1) is 5.92 Å². The van der Waals surface area contributed by atoms with Crippen molar-refractivity contribution in [3.63, 3.8) is 0 Å². The van der Waals surface area contributed by atoms with Gasteiger partial charge in [-0.15, -0.1) is 15.3 Å². The molecular formula is C23H21N9O. The van der Waals surface area contributed by atoms with Gasteiger partial charge in [0.2, 0.25) is 11.7 Å². The molecule has 1 saturated heterocycles. The van der Waals surface area contributed by atoms with Crippen LogP contribution < -0.4 is 10.2 Å². The van der Waals surface area contributed by atoms with Crippen molar-refractivity contribution >= 4 is 28.8 Å². The number of hydrogen-bond acceptors (Lipinski definition) is 7. The van der Waals surface area contributed by atoms with Crippen LogP contribution in [0.15, 0.2) is 67.4 Å². The van der Waals surface area contributed by atoms with Gasteiger partial charge in [0.25, 0.3) is 0 Å². The second-order valence-electron chi connectivity index (χ2n) is 8.11. The largest absolute Gasteiger partial charge is 0.355 e. The number of carbonyl (C=O) groups is 1. The lowest BCUT2D eigenvalue weighted by Crippen LogP contribution is -2.38. The van der Waals surface area contributed by atoms with E-state index in [9.17, 15) is 4.79 Å². The van der Waals surface area contributed by atoms with Gasteiger partial charge in [-0.1, -0.05) is 12.1 Å². The first-order chi connectivity index (χ1) is 16.2. The number of hydrogen-bond donors (Lipinski definition) is 1. The topological polar surface area (TPSA) is 106 Å². The van der Waals surface area contributed by atoms with Crippen LogP contribution in [0.25, 0.3) is 22.7 Å². The quantitative estimate of drug-likeness (QED) is 0.459. The van der Waals surface area contributed by atoms with E-state index in [1.165, 1.54) is 0 Å². The average Bonchev–Trinajstić information content (AvgIpc) is 3.51. The highest BCUT2D eigenvalue weighted by atomic mass is 16.1. The summed E-state index contributed by atoms with van der Waals surface area (Å²) in [6.45, 7) is 1.55. The van der Waals surface area contributed by atoms with Crippen molar-refractivity contribution in [2.45, 2.75) is 12.8 Å². The molecule has 1 aromatic carbocycles. The first-order valence-corrected chi connectivity index (χ1v) is 10.9. The van der Waals surface area contributed by atoms with Gasteiger partial charge in [-0.25, -0.2) is 9.97 Å². The Morgan fingerprint density at radius 1 is 1.06 bits per heavy atom. The van der Waals surface area contributed by atoms with E-state index in [1.807, 2.05) is 59.3 Å². The fourth-order valence-electron chi connectivity index (χ4n) is 4.20. The normalized spacial score (nSPS) is 14.7. The van der Waals surface area contributed by atoms with Crippen molar-refractivity contribution in [2.24, 2.45) is 5.92 Å². The number of nitrogens with zero attached hydrogens (tertiary/aromatic N) is 8. The SMILES string of the molecule is O=C(Nc1ccc(-c2cn3cccnc3n2)cc1)C1CCN(c2ccc3nncn3n2)CC1. The van der Waals surface area contributed by atoms with Gasteiger partial charge in [-0.3, -0.25) is 9.20 Å². The number of fused-ring (bicyclic) bond motifs is 2. The maximum Gasteiger partial charge on any atom is 0.234 e. The Bertz CT molecular complexity index is 1400. The molecular weight excluding hydrogens is 418 g/mol. The summed E-state index contributed by atoms with van der Waals surface area (Å²) in [5.74, 6) is 1.57. The monoisotopic (exact) mass is 439 g/mol. The maximum atomic E-state index is 12.8. The van der Waals surface area contributed by atoms with Crippen molar-refractivity contribution in [1.29, 1.82) is 0 Å². The van der Waals surface area contributed by atoms with Crippen LogP contribution >= 0.6 is 0 Å². The van der Waals surface area contributed by atoms with Gasteiger partial charge in [-0.05, 0) is 43.2 Å². The molecule has 4 aromatic heterocycles. The number of anilines is 2. The zero-order valence-corrected chi connectivity index (χ0v) is 17.7. The van der Waals surface area contributed by atoms with E-state index < -0.39 is 0 Å². The molecule has 1 fully saturated rings. The number of benzene rings is 1. The zero-order valence-electron chi connectivity index (χ0n) is 17.7. The van der Waals surface area contributed by atoms with Crippen molar-refractivity contribution in [3.8, 4) is 11.3 Å². The van der Waals surface area contributed by atoms with E-state index in [2.05, 4.69) is 35.5 Å². The minimum atomic E-state index is -0.0240. The van der Waals surface area contributed by atoms with Crippen LogP contribution in [-0.2, 0) is 4.79 Å². The van der Waals surface area contributed by atoms with Gasteiger partial charge in [0, 0.05) is 48.8 Å². The maximum absolute atomic E-state index is 12.8. The van der Waals surface area contributed by atoms with Crippen LogP contribution in [0.1, 0.15) is 12.8 Å². The average molecular weight is 439 g/mol. The van der Waals surface area contributed by atoms with Crippen molar-refractivity contribution in [3.05, 3.63) is 67.4 Å². The first kappa shape index (κ1) is 19.4. The minimum absolute atomic E-state index is 0.0240. The highest BCUT2D eigenvalue weighted by molar-refractivity contribution is 5.93. The molecule has 0 spiro atoms. The van der Waals surface area contributed by atoms with Crippen molar-refractivity contribution in [1.82, 2.24) is 34.2 Å². The molecule has 1 aliphatic heterocycles. The number of carbonyl (C=O) groups excluding carboxylic acids is 1. The third kappa shape index (κ3) is 3.75. The van der Waals surface area contributed by atoms with E-state index in [1.54, 1.807) is 17.0 Å². The molecule has 5 aromatic rings. The molecule has 0 atom stereocenters. The molecule has 10 nitrogen and oxygen atoms in total. The van der Waals surface area contributed by atoms with E-state index in [-0.39, 0.29) is 11.8 Å². The molecule has 10 heteroatoms. The third-order valence-electron chi connectivity index (χ3n) is 6.02. The second-order valence-corrected chi connectivity index (χ2v) is 8.11. The summed E-state index contributed by atoms with van der Waals surface area (Å²) in [4.78, 5) is 23.8. The summed E-state index contributed by atoms with van der Waals surface area (Å²) in [5.41, 5.74) is 3.33. The number of piperidine rings is 1. The molecule has 1 aliphatic rings. The highest BCUT2D eigenvalue weighted by Gasteiger charge is 2.26. The Hall–Kier alpha value is -4.34. The number of imidazole rings is 1. The number of amides is 1. The van der Waals surface area contributed by atoms with Crippen LogP contribution in [0.5, 0.6) is 0 Å². The second kappa shape index (κ2) is 7.97. The zero-order chi connectivity index (χ0) is 22.2. The Morgan fingerprint density at radius 2 is 1.91 bits per heavy atom. The highest BCUT2D eigenvalue weighted by Crippen LogP contribution is 2.25. The number of rotatable bonds is 4. The predicted molar refractivity (Wildman–Crippen MR) is 123 cm³/mol. The van der Waals surface area contributed by atoms with E-state index in [0.717, 1.165) is 54.3 Å². The summed E-state index contributed by atoms with van der Waals surface area (Å²) < 4.78 is 3.55. The summed E-state index contributed by atoms with van der Waals surface area (Å²) in [5, 5.41) is 15.5. The van der Waals surface area contributed by atoms with Gasteiger partial charge in [0.15, 0.2) is 5.65 Å². The molecule has 0 saturated carbocycles. The number of aromatic nitrogens is 7. The Balaban J connectivity index is 1.08. The fraction of sp³-hybridized carbons (Fsp3) is 0.217. The molecule has 164 valence electrons. The summed E-state index contributed by atoms with van der Waals surface area (Å²) in [6, 6.07) is 13.5. The first-order valence-electron chi connectivity index (χ1n) is 10.9. The standard InChI is InChI=1S/C23H21N9O/c33-22(17-8-12-30(13-9-17)21-7-6-20-28-25-15-32(20)29-21)26-18-4-2-16(3-5-18)19-14-31-11-1-10-24-23(31)27-19/h1-7,10-11,14-15,17H,8-9,12-13H2,(H,26,33). The molecule has 1 amide bonds. The minimum Gasteiger partial charge on any atom is -0.355 e. The summed E-state index contributed by atoms with van der Waals surface area (Å²) in [7, 11) is 0. The van der Waals surface area contributed by atoms with Gasteiger partial charge in [0.05, 0.1) is 5.69 Å². The van der Waals surface area contributed by atoms with Crippen molar-refractivity contribution in [2.75, 3.05) is 23.3 Å². The molecule has 0 bridgehead atoms. The van der Waals surface area contributed by atoms with E-state index in [0.29, 0.717) is 5.78 Å². The van der Waals surface area contributed by atoms with Gasteiger partial charge in [0.1, 0.15) is 12.1 Å². The Morgan fingerprint density at radius 3 is 2.73 bits per heavy atom. The molecule has 0 unspecified atom stereocenters. The van der Waals surface area contributed by atoms with Gasteiger partial charge < -0.3 is 10.2 Å². The van der Waals surface area contributed by atoms with Crippen LogP contribution in [0.3, 0.4) is 0 Å². The molecule has 33 heavy (non-hydrogen) atoms. The smallest absolute Gasteiger partial charge is 0.234 e. The third-order valence-corrected chi connectivity index (χ3v) is 6.02. The Labute approximate surface area is 188 Å². The summed E-state index contributed by atoms with van der Waals surface area (Å²) in [6.07, 6.45) is 8.74. The fourth-order valence-corrected chi connectivity index (χ4v) is 4.20. The van der Waals surface area contributed by atoms with Crippen LogP contribution in [0.2, 0.25) is 0 Å². The number of nitrogens with one attached hydrogen (secondary N) is 1. The molecule has 6 rings (SSSR count). The summed E-state index contributed by atoms with van der Waals surface area (Å²) >= 11 is 0. The lowest BCUT2D eigenvalue weighted by molar-refractivity contribution is -0.120. The lowest BCUT2D eigenvalue weighted by Gasteiger charge is -2.32. The lowest BCUT2D eigenvalue weighted by atomic mass is 9.95. The van der Waals surface area contributed by atoms with E-state index >= 15 is 0 Å². The van der Waals surface area contributed by atoms with E-state index in [4.69, 9.17) is 0 Å². The molecule has 0 radical (unpaired) electrons.